The van der Waals surface area contributed by atoms with Gasteiger partial charge in [-0.2, -0.15) is 5.10 Å². The first-order valence-corrected chi connectivity index (χ1v) is 6.55. The van der Waals surface area contributed by atoms with Crippen LogP contribution in [0.25, 0.3) is 0 Å². The van der Waals surface area contributed by atoms with E-state index in [1.807, 2.05) is 6.07 Å². The standard InChI is InChI=1S/C15H19F2N3/c1-15(2,3)18-9-13-6-7-19-20(13)10-11-4-5-12(16)8-14(11)17/h4-8,18H,9-10H2,1-3H3. The van der Waals surface area contributed by atoms with E-state index >= 15 is 0 Å². The third kappa shape index (κ3) is 3.87. The van der Waals surface area contributed by atoms with Crippen LogP contribution in [0.4, 0.5) is 8.78 Å². The quantitative estimate of drug-likeness (QED) is 0.932. The molecule has 108 valence electrons. The Kier molecular flexibility index (Phi) is 4.18. The van der Waals surface area contributed by atoms with Gasteiger partial charge < -0.3 is 5.32 Å². The summed E-state index contributed by atoms with van der Waals surface area (Å²) in [6, 6.07) is 5.49. The molecule has 0 aliphatic carbocycles. The molecule has 1 heterocycles. The van der Waals surface area contributed by atoms with Crippen molar-refractivity contribution in [3.05, 3.63) is 53.4 Å². The normalized spacial score (nSPS) is 11.8. The summed E-state index contributed by atoms with van der Waals surface area (Å²) in [5.41, 5.74) is 1.38. The number of nitrogens with zero attached hydrogens (tertiary/aromatic N) is 2. The monoisotopic (exact) mass is 279 g/mol. The average Bonchev–Trinajstić information content (AvgIpc) is 2.77. The lowest BCUT2D eigenvalue weighted by Gasteiger charge is -2.20. The summed E-state index contributed by atoms with van der Waals surface area (Å²) in [6.45, 7) is 7.17. The number of rotatable bonds is 4. The van der Waals surface area contributed by atoms with Crippen molar-refractivity contribution >= 4 is 0 Å². The van der Waals surface area contributed by atoms with Gasteiger partial charge in [0.05, 0.1) is 12.2 Å². The molecule has 1 aromatic carbocycles. The molecule has 3 nitrogen and oxygen atoms in total. The number of hydrogen-bond acceptors (Lipinski definition) is 2. The smallest absolute Gasteiger partial charge is 0.131 e. The van der Waals surface area contributed by atoms with Gasteiger partial charge in [0.15, 0.2) is 0 Å². The van der Waals surface area contributed by atoms with E-state index in [9.17, 15) is 8.78 Å². The van der Waals surface area contributed by atoms with Crippen LogP contribution in [0.15, 0.2) is 30.5 Å². The van der Waals surface area contributed by atoms with Crippen molar-refractivity contribution in [1.82, 2.24) is 15.1 Å². The lowest BCUT2D eigenvalue weighted by molar-refractivity contribution is 0.413. The fourth-order valence-electron chi connectivity index (χ4n) is 1.82. The second kappa shape index (κ2) is 5.71. The number of aromatic nitrogens is 2. The Balaban J connectivity index is 2.12. The van der Waals surface area contributed by atoms with Gasteiger partial charge in [0, 0.05) is 29.9 Å². The molecule has 0 saturated heterocycles. The first-order valence-electron chi connectivity index (χ1n) is 6.55. The maximum atomic E-state index is 13.7. The highest BCUT2D eigenvalue weighted by Crippen LogP contribution is 2.12. The predicted molar refractivity (Wildman–Crippen MR) is 74.3 cm³/mol. The van der Waals surface area contributed by atoms with E-state index in [0.717, 1.165) is 11.8 Å². The van der Waals surface area contributed by atoms with Gasteiger partial charge in [-0.1, -0.05) is 6.07 Å². The molecule has 0 aliphatic heterocycles. The molecule has 20 heavy (non-hydrogen) atoms. The summed E-state index contributed by atoms with van der Waals surface area (Å²) < 4.78 is 28.3. The predicted octanol–water partition coefficient (Wildman–Crippen LogP) is 3.10. The van der Waals surface area contributed by atoms with Crippen LogP contribution in [0.2, 0.25) is 0 Å². The van der Waals surface area contributed by atoms with E-state index in [2.05, 4.69) is 31.2 Å². The second-order valence-corrected chi connectivity index (χ2v) is 5.82. The van der Waals surface area contributed by atoms with Crippen molar-refractivity contribution in [2.75, 3.05) is 0 Å². The van der Waals surface area contributed by atoms with Gasteiger partial charge >= 0.3 is 0 Å². The first-order chi connectivity index (χ1) is 9.35. The van der Waals surface area contributed by atoms with Crippen molar-refractivity contribution in [2.24, 2.45) is 0 Å². The number of benzene rings is 1. The van der Waals surface area contributed by atoms with E-state index < -0.39 is 11.6 Å². The minimum Gasteiger partial charge on any atom is -0.306 e. The lowest BCUT2D eigenvalue weighted by atomic mass is 10.1. The molecule has 2 rings (SSSR count). The molecule has 0 spiro atoms. The van der Waals surface area contributed by atoms with Gasteiger partial charge in [0.1, 0.15) is 11.6 Å². The van der Waals surface area contributed by atoms with Crippen LogP contribution >= 0.6 is 0 Å². The zero-order valence-corrected chi connectivity index (χ0v) is 12.0. The number of halogens is 2. The fraction of sp³-hybridized carbons (Fsp3) is 0.400. The van der Waals surface area contributed by atoms with Crippen LogP contribution in [0.3, 0.4) is 0 Å². The van der Waals surface area contributed by atoms with E-state index in [0.29, 0.717) is 18.7 Å². The SMILES string of the molecule is CC(C)(C)NCc1ccnn1Cc1ccc(F)cc1F. The van der Waals surface area contributed by atoms with Crippen LogP contribution < -0.4 is 5.32 Å². The Bertz CT molecular complexity index is 585. The lowest BCUT2D eigenvalue weighted by Crippen LogP contribution is -2.35. The minimum absolute atomic E-state index is 0.00374. The zero-order chi connectivity index (χ0) is 14.8. The molecule has 0 amide bonds. The van der Waals surface area contributed by atoms with Crippen LogP contribution in [-0.4, -0.2) is 15.3 Å². The maximum Gasteiger partial charge on any atom is 0.131 e. The summed E-state index contributed by atoms with van der Waals surface area (Å²) in [7, 11) is 0. The number of hydrogen-bond donors (Lipinski definition) is 1. The molecule has 1 aromatic heterocycles. The van der Waals surface area contributed by atoms with Crippen LogP contribution in [-0.2, 0) is 13.1 Å². The van der Waals surface area contributed by atoms with Crippen LogP contribution in [0.5, 0.6) is 0 Å². The third-order valence-corrected chi connectivity index (χ3v) is 2.94. The Morgan fingerprint density at radius 3 is 2.60 bits per heavy atom. The van der Waals surface area contributed by atoms with Crippen molar-refractivity contribution in [3.8, 4) is 0 Å². The van der Waals surface area contributed by atoms with Crippen molar-refractivity contribution in [3.63, 3.8) is 0 Å². The van der Waals surface area contributed by atoms with Crippen LogP contribution in [0.1, 0.15) is 32.0 Å². The molecular weight excluding hydrogens is 260 g/mol. The van der Waals surface area contributed by atoms with E-state index in [4.69, 9.17) is 0 Å². The summed E-state index contributed by atoms with van der Waals surface area (Å²) in [4.78, 5) is 0. The minimum atomic E-state index is -0.568. The number of nitrogens with one attached hydrogen (secondary N) is 1. The maximum absolute atomic E-state index is 13.7. The van der Waals surface area contributed by atoms with Gasteiger partial charge in [0.2, 0.25) is 0 Å². The summed E-state index contributed by atoms with van der Waals surface area (Å²) >= 11 is 0. The zero-order valence-electron chi connectivity index (χ0n) is 12.0. The fourth-order valence-corrected chi connectivity index (χ4v) is 1.82. The molecule has 0 fully saturated rings. The second-order valence-electron chi connectivity index (χ2n) is 5.82. The van der Waals surface area contributed by atoms with Gasteiger partial charge in [-0.3, -0.25) is 4.68 Å². The van der Waals surface area contributed by atoms with Gasteiger partial charge in [-0.25, -0.2) is 8.78 Å². The highest BCUT2D eigenvalue weighted by atomic mass is 19.1. The van der Waals surface area contributed by atoms with E-state index in [-0.39, 0.29) is 5.54 Å². The highest BCUT2D eigenvalue weighted by molar-refractivity contribution is 5.19. The molecule has 0 bridgehead atoms. The Labute approximate surface area is 117 Å². The molecule has 0 atom stereocenters. The Hall–Kier alpha value is -1.75. The summed E-state index contributed by atoms with van der Waals surface area (Å²) in [5.74, 6) is -1.11. The Morgan fingerprint density at radius 1 is 1.20 bits per heavy atom. The first kappa shape index (κ1) is 14.7. The van der Waals surface area contributed by atoms with Crippen molar-refractivity contribution < 1.29 is 8.78 Å². The molecule has 0 aliphatic rings. The average molecular weight is 279 g/mol. The van der Waals surface area contributed by atoms with Crippen molar-refractivity contribution in [1.29, 1.82) is 0 Å². The van der Waals surface area contributed by atoms with Crippen molar-refractivity contribution in [2.45, 2.75) is 39.4 Å². The molecule has 5 heteroatoms. The molecule has 0 saturated carbocycles. The molecule has 1 N–H and O–H groups in total. The summed E-state index contributed by atoms with van der Waals surface area (Å²) in [6.07, 6.45) is 1.68. The molecule has 0 unspecified atom stereocenters. The summed E-state index contributed by atoms with van der Waals surface area (Å²) in [5, 5.41) is 7.55. The van der Waals surface area contributed by atoms with Crippen LogP contribution in [0, 0.1) is 11.6 Å². The highest BCUT2D eigenvalue weighted by Gasteiger charge is 2.12. The van der Waals surface area contributed by atoms with Gasteiger partial charge in [-0.15, -0.1) is 0 Å². The molecular formula is C15H19F2N3. The van der Waals surface area contributed by atoms with E-state index in [1.165, 1.54) is 12.1 Å². The molecule has 0 radical (unpaired) electrons. The molecule has 2 aromatic rings. The topological polar surface area (TPSA) is 29.9 Å². The van der Waals surface area contributed by atoms with Gasteiger partial charge in [-0.05, 0) is 32.9 Å². The largest absolute Gasteiger partial charge is 0.306 e. The third-order valence-electron chi connectivity index (χ3n) is 2.94. The Morgan fingerprint density at radius 2 is 1.95 bits per heavy atom. The van der Waals surface area contributed by atoms with Gasteiger partial charge in [0.25, 0.3) is 0 Å². The van der Waals surface area contributed by atoms with E-state index in [1.54, 1.807) is 10.9 Å².